The normalized spacial score (nSPS) is 29.2. The fourth-order valence-electron chi connectivity index (χ4n) is 4.25. The first-order valence-electron chi connectivity index (χ1n) is 9.02. The van der Waals surface area contributed by atoms with E-state index in [2.05, 4.69) is 5.32 Å². The molecule has 3 unspecified atom stereocenters. The van der Waals surface area contributed by atoms with Crippen LogP contribution in [0.5, 0.6) is 0 Å². The third kappa shape index (κ3) is 2.92. The van der Waals surface area contributed by atoms with E-state index in [4.69, 9.17) is 0 Å². The average Bonchev–Trinajstić information content (AvgIpc) is 3.31. The molecule has 1 N–H and O–H groups in total. The summed E-state index contributed by atoms with van der Waals surface area (Å²) in [5, 5.41) is 3.06. The molecular weight excluding hydrogens is 307 g/mol. The van der Waals surface area contributed by atoms with Crippen LogP contribution in [0.3, 0.4) is 0 Å². The molecule has 1 aromatic rings. The number of hydrogen-bond acceptors (Lipinski definition) is 2. The Balaban J connectivity index is 1.60. The van der Waals surface area contributed by atoms with Crippen molar-refractivity contribution in [3.8, 4) is 0 Å². The Bertz CT molecular complexity index is 641. The zero-order chi connectivity index (χ0) is 16.7. The van der Waals surface area contributed by atoms with Crippen LogP contribution in [0, 0.1) is 11.7 Å². The number of nitrogens with one attached hydrogen (secondary N) is 1. The second-order valence-electron chi connectivity index (χ2n) is 7.37. The minimum Gasteiger partial charge on any atom is -0.352 e. The molecule has 2 amide bonds. The lowest BCUT2D eigenvalue weighted by Gasteiger charge is -2.33. The quantitative estimate of drug-likeness (QED) is 0.926. The molecule has 4 rings (SSSR count). The molecule has 5 heteroatoms. The van der Waals surface area contributed by atoms with Gasteiger partial charge in [0.25, 0.3) is 5.91 Å². The zero-order valence-corrected chi connectivity index (χ0v) is 13.7. The first-order chi connectivity index (χ1) is 11.6. The topological polar surface area (TPSA) is 49.4 Å². The third-order valence-electron chi connectivity index (χ3n) is 5.64. The molecule has 0 radical (unpaired) electrons. The van der Waals surface area contributed by atoms with Crippen molar-refractivity contribution in [1.29, 1.82) is 0 Å². The standard InChI is InChI=1S/C19H23FN2O2/c20-14-7-5-12(6-8-14)19(24)22-16-4-2-1-3-13(16)11-17(22)18(23)21-15-9-10-15/h5-8,13,15-17H,1-4,9-11H2,(H,21,23). The number of nitrogens with zero attached hydrogens (tertiary/aromatic N) is 1. The van der Waals surface area contributed by atoms with Gasteiger partial charge in [0.1, 0.15) is 11.9 Å². The van der Waals surface area contributed by atoms with Crippen LogP contribution in [0.1, 0.15) is 55.3 Å². The number of hydrogen-bond donors (Lipinski definition) is 1. The van der Waals surface area contributed by atoms with Gasteiger partial charge in [-0.15, -0.1) is 0 Å². The van der Waals surface area contributed by atoms with Gasteiger partial charge in [0, 0.05) is 17.6 Å². The van der Waals surface area contributed by atoms with E-state index < -0.39 is 0 Å². The Morgan fingerprint density at radius 1 is 1.04 bits per heavy atom. The van der Waals surface area contributed by atoms with Gasteiger partial charge in [-0.25, -0.2) is 4.39 Å². The van der Waals surface area contributed by atoms with Crippen LogP contribution in [-0.4, -0.2) is 34.8 Å². The predicted molar refractivity (Wildman–Crippen MR) is 87.9 cm³/mol. The lowest BCUT2D eigenvalue weighted by Crippen LogP contribution is -2.50. The summed E-state index contributed by atoms with van der Waals surface area (Å²) in [7, 11) is 0. The van der Waals surface area contributed by atoms with Crippen LogP contribution in [0.2, 0.25) is 0 Å². The highest BCUT2D eigenvalue weighted by Crippen LogP contribution is 2.40. The molecule has 3 atom stereocenters. The molecule has 24 heavy (non-hydrogen) atoms. The van der Waals surface area contributed by atoms with Gasteiger partial charge in [0.05, 0.1) is 0 Å². The van der Waals surface area contributed by atoms with E-state index in [-0.39, 0.29) is 29.7 Å². The van der Waals surface area contributed by atoms with Crippen LogP contribution in [0.15, 0.2) is 24.3 Å². The Kier molecular flexibility index (Phi) is 4.02. The number of halogens is 1. The summed E-state index contributed by atoms with van der Waals surface area (Å²) < 4.78 is 13.2. The van der Waals surface area contributed by atoms with Gasteiger partial charge in [-0.1, -0.05) is 12.8 Å². The summed E-state index contributed by atoms with van der Waals surface area (Å²) in [4.78, 5) is 27.5. The number of amides is 2. The van der Waals surface area contributed by atoms with Gasteiger partial charge in [0.2, 0.25) is 5.91 Å². The maximum absolute atomic E-state index is 13.2. The van der Waals surface area contributed by atoms with Crippen molar-refractivity contribution in [3.63, 3.8) is 0 Å². The van der Waals surface area contributed by atoms with Crippen LogP contribution < -0.4 is 5.32 Å². The van der Waals surface area contributed by atoms with Crippen LogP contribution >= 0.6 is 0 Å². The van der Waals surface area contributed by atoms with Crippen LogP contribution in [-0.2, 0) is 4.79 Å². The molecule has 3 aliphatic rings. The van der Waals surface area contributed by atoms with Crippen molar-refractivity contribution in [2.45, 2.75) is 63.1 Å². The molecule has 1 aromatic carbocycles. The van der Waals surface area contributed by atoms with E-state index in [0.717, 1.165) is 38.5 Å². The highest BCUT2D eigenvalue weighted by Gasteiger charge is 2.48. The van der Waals surface area contributed by atoms with Gasteiger partial charge < -0.3 is 10.2 Å². The second-order valence-corrected chi connectivity index (χ2v) is 7.37. The Morgan fingerprint density at radius 3 is 2.46 bits per heavy atom. The number of benzene rings is 1. The van der Waals surface area contributed by atoms with Crippen molar-refractivity contribution in [3.05, 3.63) is 35.6 Å². The molecule has 1 aliphatic heterocycles. The van der Waals surface area contributed by atoms with Crippen molar-refractivity contribution in [1.82, 2.24) is 10.2 Å². The van der Waals surface area contributed by atoms with Crippen LogP contribution in [0.25, 0.3) is 0 Å². The SMILES string of the molecule is O=C(NC1CC1)C1CC2CCCCC2N1C(=O)c1ccc(F)cc1. The fourth-order valence-corrected chi connectivity index (χ4v) is 4.25. The molecule has 2 aliphatic carbocycles. The fraction of sp³-hybridized carbons (Fsp3) is 0.579. The summed E-state index contributed by atoms with van der Waals surface area (Å²) in [6, 6.07) is 5.71. The maximum Gasteiger partial charge on any atom is 0.254 e. The van der Waals surface area contributed by atoms with E-state index in [9.17, 15) is 14.0 Å². The molecule has 128 valence electrons. The first-order valence-corrected chi connectivity index (χ1v) is 9.02. The smallest absolute Gasteiger partial charge is 0.254 e. The monoisotopic (exact) mass is 330 g/mol. The number of carbonyl (C=O) groups excluding carboxylic acids is 2. The van der Waals surface area contributed by atoms with Crippen molar-refractivity contribution >= 4 is 11.8 Å². The average molecular weight is 330 g/mol. The summed E-state index contributed by atoms with van der Waals surface area (Å²) in [5.41, 5.74) is 0.465. The number of likely N-dealkylation sites (tertiary alicyclic amines) is 1. The molecule has 3 fully saturated rings. The molecule has 2 saturated carbocycles. The molecule has 0 aromatic heterocycles. The highest BCUT2D eigenvalue weighted by atomic mass is 19.1. The number of carbonyl (C=O) groups is 2. The molecule has 0 spiro atoms. The minimum absolute atomic E-state index is 0.0117. The van der Waals surface area contributed by atoms with Crippen molar-refractivity contribution in [2.75, 3.05) is 0 Å². The Labute approximate surface area is 141 Å². The van der Waals surface area contributed by atoms with E-state index in [1.807, 2.05) is 0 Å². The van der Waals surface area contributed by atoms with Crippen molar-refractivity contribution in [2.24, 2.45) is 5.92 Å². The minimum atomic E-state index is -0.378. The van der Waals surface area contributed by atoms with Gasteiger partial charge in [-0.2, -0.15) is 0 Å². The summed E-state index contributed by atoms with van der Waals surface area (Å²) >= 11 is 0. The Morgan fingerprint density at radius 2 is 1.75 bits per heavy atom. The highest BCUT2D eigenvalue weighted by molar-refractivity contribution is 5.98. The van der Waals surface area contributed by atoms with Crippen LogP contribution in [0.4, 0.5) is 4.39 Å². The van der Waals surface area contributed by atoms with E-state index in [1.165, 1.54) is 30.7 Å². The predicted octanol–water partition coefficient (Wildman–Crippen LogP) is 2.88. The number of rotatable bonds is 3. The van der Waals surface area contributed by atoms with E-state index >= 15 is 0 Å². The molecule has 1 heterocycles. The Hall–Kier alpha value is -1.91. The molecular formula is C19H23FN2O2. The third-order valence-corrected chi connectivity index (χ3v) is 5.64. The van der Waals surface area contributed by atoms with Gasteiger partial charge in [0.15, 0.2) is 0 Å². The molecule has 4 nitrogen and oxygen atoms in total. The van der Waals surface area contributed by atoms with E-state index in [1.54, 1.807) is 4.90 Å². The molecule has 1 saturated heterocycles. The second kappa shape index (κ2) is 6.19. The van der Waals surface area contributed by atoms with Gasteiger partial charge in [-0.05, 0) is 62.3 Å². The lowest BCUT2D eigenvalue weighted by molar-refractivity contribution is -0.125. The largest absolute Gasteiger partial charge is 0.352 e. The summed E-state index contributed by atoms with van der Waals surface area (Å²) in [6.07, 6.45) is 7.17. The zero-order valence-electron chi connectivity index (χ0n) is 13.7. The van der Waals surface area contributed by atoms with Gasteiger partial charge >= 0.3 is 0 Å². The lowest BCUT2D eigenvalue weighted by atomic mass is 9.84. The summed E-state index contributed by atoms with van der Waals surface area (Å²) in [6.45, 7) is 0. The van der Waals surface area contributed by atoms with E-state index in [0.29, 0.717) is 17.5 Å². The van der Waals surface area contributed by atoms with Crippen molar-refractivity contribution < 1.29 is 14.0 Å². The maximum atomic E-state index is 13.2. The van der Waals surface area contributed by atoms with Gasteiger partial charge in [-0.3, -0.25) is 9.59 Å². The summed E-state index contributed by atoms with van der Waals surface area (Å²) in [5.74, 6) is -0.0904. The molecule has 0 bridgehead atoms. The first kappa shape index (κ1) is 15.6. The number of fused-ring (bicyclic) bond motifs is 1.